The van der Waals surface area contributed by atoms with Crippen molar-refractivity contribution in [2.24, 2.45) is 13.0 Å². The third-order valence-electron chi connectivity index (χ3n) is 6.90. The molecule has 1 aromatic carbocycles. The molecule has 1 aliphatic heterocycles. The highest BCUT2D eigenvalue weighted by Gasteiger charge is 2.33. The van der Waals surface area contributed by atoms with Gasteiger partial charge in [0.05, 0.1) is 30.2 Å². The highest BCUT2D eigenvalue weighted by molar-refractivity contribution is 7.89. The lowest BCUT2D eigenvalue weighted by atomic mass is 9.90. The van der Waals surface area contributed by atoms with Gasteiger partial charge in [0.2, 0.25) is 10.0 Å². The minimum absolute atomic E-state index is 0.103. The molecule has 0 radical (unpaired) electrons. The van der Waals surface area contributed by atoms with Crippen molar-refractivity contribution in [3.63, 3.8) is 0 Å². The minimum atomic E-state index is -3.80. The van der Waals surface area contributed by atoms with Gasteiger partial charge in [-0.2, -0.15) is 4.31 Å². The fraction of sp³-hybridized carbons (Fsp3) is 0.600. The van der Waals surface area contributed by atoms with Gasteiger partial charge >= 0.3 is 17.0 Å². The molecule has 0 spiro atoms. The molecule has 12 heteroatoms. The lowest BCUT2D eigenvalue weighted by Crippen LogP contribution is -2.41. The fourth-order valence-electron chi connectivity index (χ4n) is 4.98. The molecule has 202 valence electrons. The van der Waals surface area contributed by atoms with Crippen LogP contribution < -0.4 is 14.8 Å². The first-order valence-corrected chi connectivity index (χ1v) is 14.5. The number of piperidine rings is 1. The van der Waals surface area contributed by atoms with Crippen LogP contribution >= 0.6 is 0 Å². The number of aryl methyl sites for hydroxylation is 2. The number of fused-ring (bicyclic) bond motifs is 1. The Balaban J connectivity index is 1.72. The third kappa shape index (κ3) is 5.41. The largest absolute Gasteiger partial charge is 0.493 e. The van der Waals surface area contributed by atoms with Gasteiger partial charge in [-0.3, -0.25) is 9.78 Å². The molecule has 0 aliphatic carbocycles. The van der Waals surface area contributed by atoms with E-state index in [1.54, 1.807) is 13.1 Å². The number of sulfonamides is 1. The van der Waals surface area contributed by atoms with Gasteiger partial charge in [-0.25, -0.2) is 8.42 Å². The van der Waals surface area contributed by atoms with Crippen LogP contribution in [0.2, 0.25) is 0 Å². The van der Waals surface area contributed by atoms with E-state index in [1.807, 2.05) is 20.8 Å². The van der Waals surface area contributed by atoms with Crippen molar-refractivity contribution in [2.75, 3.05) is 19.7 Å². The second-order valence-electron chi connectivity index (χ2n) is 9.52. The van der Waals surface area contributed by atoms with Gasteiger partial charge < -0.3 is 9.84 Å². The number of ether oxygens (including phenoxy) is 1. The molecule has 1 saturated heterocycles. The van der Waals surface area contributed by atoms with Gasteiger partial charge in [0.1, 0.15) is 5.75 Å². The van der Waals surface area contributed by atoms with Crippen LogP contribution in [-0.4, -0.2) is 63.5 Å². The Labute approximate surface area is 217 Å². The van der Waals surface area contributed by atoms with Crippen LogP contribution in [0.15, 0.2) is 27.9 Å². The first-order chi connectivity index (χ1) is 17.7. The molecule has 37 heavy (non-hydrogen) atoms. The van der Waals surface area contributed by atoms with Crippen LogP contribution in [0, 0.1) is 5.92 Å². The Morgan fingerprint density at radius 2 is 1.95 bits per heavy atom. The molecule has 0 amide bonds. The summed E-state index contributed by atoms with van der Waals surface area (Å²) < 4.78 is 37.4. The molecule has 4 rings (SSSR count). The summed E-state index contributed by atoms with van der Waals surface area (Å²) >= 11 is 0. The number of benzene rings is 1. The molecule has 1 aliphatic rings. The standard InChI is InChI=1S/C25H36N6O5S/c1-5-8-20(32)17-12-14-30(15-13-17)37(34,35)18-10-11-21(36-7-3)19(16-18)23-26-24(33)25-29(4)27-22(9-6-2)31(25)28-23/h10-11,16-17,20,32H,5-9,12-15H2,1-4H3/p+1. The van der Waals surface area contributed by atoms with Crippen LogP contribution in [0.25, 0.3) is 17.0 Å². The van der Waals surface area contributed by atoms with Crippen molar-refractivity contribution in [3.05, 3.63) is 34.4 Å². The van der Waals surface area contributed by atoms with Crippen molar-refractivity contribution >= 4 is 15.7 Å². The summed E-state index contributed by atoms with van der Waals surface area (Å²) in [6.07, 6.45) is 3.92. The van der Waals surface area contributed by atoms with E-state index in [4.69, 9.17) is 4.74 Å². The van der Waals surface area contributed by atoms with Gasteiger partial charge in [0, 0.05) is 24.6 Å². The molecule has 11 nitrogen and oxygen atoms in total. The number of H-pyrrole nitrogens is 1. The highest BCUT2D eigenvalue weighted by Crippen LogP contribution is 2.33. The van der Waals surface area contributed by atoms with Crippen molar-refractivity contribution in [1.82, 2.24) is 24.2 Å². The van der Waals surface area contributed by atoms with Crippen molar-refractivity contribution < 1.29 is 22.8 Å². The molecule has 2 N–H and O–H groups in total. The van der Waals surface area contributed by atoms with Crippen molar-refractivity contribution in [1.29, 1.82) is 0 Å². The number of aromatic nitrogens is 5. The lowest BCUT2D eigenvalue weighted by molar-refractivity contribution is -0.590. The van der Waals surface area contributed by atoms with E-state index in [1.165, 1.54) is 25.6 Å². The average Bonchev–Trinajstić information content (AvgIpc) is 3.20. The van der Waals surface area contributed by atoms with E-state index in [-0.39, 0.29) is 22.2 Å². The highest BCUT2D eigenvalue weighted by atomic mass is 32.2. The van der Waals surface area contributed by atoms with E-state index in [2.05, 4.69) is 15.2 Å². The zero-order valence-electron chi connectivity index (χ0n) is 22.0. The second kappa shape index (κ2) is 11.3. The Kier molecular flexibility index (Phi) is 8.29. The maximum atomic E-state index is 13.6. The monoisotopic (exact) mass is 533 g/mol. The summed E-state index contributed by atoms with van der Waals surface area (Å²) in [5.74, 6) is 1.38. The van der Waals surface area contributed by atoms with Gasteiger partial charge in [-0.05, 0) is 56.7 Å². The van der Waals surface area contributed by atoms with Crippen LogP contribution in [0.4, 0.5) is 0 Å². The lowest BCUT2D eigenvalue weighted by Gasteiger charge is -2.33. The molecular weight excluding hydrogens is 496 g/mol. The molecular formula is C25H37N6O5S+. The molecule has 1 unspecified atom stereocenters. The van der Waals surface area contributed by atoms with Gasteiger partial charge in [-0.1, -0.05) is 29.9 Å². The van der Waals surface area contributed by atoms with Crippen LogP contribution in [-0.2, 0) is 23.5 Å². The number of hydrogen-bond acceptors (Lipinski definition) is 7. The summed E-state index contributed by atoms with van der Waals surface area (Å²) in [6, 6.07) is 4.64. The molecule has 1 atom stereocenters. The average molecular weight is 534 g/mol. The zero-order chi connectivity index (χ0) is 26.7. The van der Waals surface area contributed by atoms with Gasteiger partial charge in [-0.15, -0.1) is 4.68 Å². The second-order valence-corrected chi connectivity index (χ2v) is 11.5. The Hall–Kier alpha value is -2.83. The fourth-order valence-corrected chi connectivity index (χ4v) is 6.47. The third-order valence-corrected chi connectivity index (χ3v) is 8.79. The van der Waals surface area contributed by atoms with Gasteiger partial charge in [0.25, 0.3) is 0 Å². The Bertz CT molecular complexity index is 1410. The van der Waals surface area contributed by atoms with Crippen LogP contribution in [0.3, 0.4) is 0 Å². The number of nitrogens with one attached hydrogen (secondary N) is 1. The SMILES string of the molecule is CCCc1nn(C)c2c(=O)[nH]c(-c3cc(S(=O)(=O)N4CCC(C(O)CCC)CC4)ccc3OCC)n[n+]12. The smallest absolute Gasteiger partial charge is 0.350 e. The van der Waals surface area contributed by atoms with Crippen molar-refractivity contribution in [3.8, 4) is 17.1 Å². The summed E-state index contributed by atoms with van der Waals surface area (Å²) in [5, 5.41) is 19.4. The normalized spacial score (nSPS) is 16.4. The van der Waals surface area contributed by atoms with Crippen molar-refractivity contribution in [2.45, 2.75) is 70.3 Å². The number of aliphatic hydroxyl groups is 1. The van der Waals surface area contributed by atoms with Gasteiger partial charge in [0.15, 0.2) is 5.82 Å². The quantitative estimate of drug-likeness (QED) is 0.380. The molecule has 3 aromatic rings. The van der Waals surface area contributed by atoms with Crippen LogP contribution in [0.5, 0.6) is 5.75 Å². The number of nitrogens with zero attached hydrogens (tertiary/aromatic N) is 5. The maximum Gasteiger partial charge on any atom is 0.350 e. The topological polar surface area (TPSA) is 135 Å². The molecule has 2 aromatic heterocycles. The predicted molar refractivity (Wildman–Crippen MR) is 138 cm³/mol. The summed E-state index contributed by atoms with van der Waals surface area (Å²) in [6.45, 7) is 6.94. The number of hydrogen-bond donors (Lipinski definition) is 2. The summed E-state index contributed by atoms with van der Waals surface area (Å²) in [7, 11) is -2.11. The van der Waals surface area contributed by atoms with E-state index < -0.39 is 16.1 Å². The van der Waals surface area contributed by atoms with E-state index >= 15 is 0 Å². The predicted octanol–water partition coefficient (Wildman–Crippen LogP) is 1.82. The van der Waals surface area contributed by atoms with E-state index in [9.17, 15) is 18.3 Å². The molecule has 0 bridgehead atoms. The minimum Gasteiger partial charge on any atom is -0.493 e. The summed E-state index contributed by atoms with van der Waals surface area (Å²) in [4.78, 5) is 15.9. The van der Waals surface area contributed by atoms with E-state index in [0.29, 0.717) is 61.7 Å². The number of aliphatic hydroxyl groups excluding tert-OH is 1. The zero-order valence-corrected chi connectivity index (χ0v) is 22.8. The Morgan fingerprint density at radius 1 is 1.22 bits per heavy atom. The molecule has 0 saturated carbocycles. The Morgan fingerprint density at radius 3 is 2.59 bits per heavy atom. The van der Waals surface area contributed by atoms with Crippen LogP contribution in [0.1, 0.15) is 58.7 Å². The number of aromatic amines is 1. The first-order valence-electron chi connectivity index (χ1n) is 13.0. The maximum absolute atomic E-state index is 13.6. The summed E-state index contributed by atoms with van der Waals surface area (Å²) in [5.41, 5.74) is 0.293. The molecule has 3 heterocycles. The first kappa shape index (κ1) is 27.2. The molecule has 1 fully saturated rings. The number of rotatable bonds is 10. The van der Waals surface area contributed by atoms with E-state index in [0.717, 1.165) is 19.3 Å².